The van der Waals surface area contributed by atoms with Gasteiger partial charge in [-0.25, -0.2) is 4.99 Å². The van der Waals surface area contributed by atoms with E-state index >= 15 is 0 Å². The minimum Gasteiger partial charge on any atom is -0.497 e. The Bertz CT molecular complexity index is 1030. The zero-order chi connectivity index (χ0) is 18.8. The predicted molar refractivity (Wildman–Crippen MR) is 110 cm³/mol. The number of nitrogens with zero attached hydrogens (tertiary/aromatic N) is 1. The van der Waals surface area contributed by atoms with E-state index in [1.54, 1.807) is 7.11 Å². The van der Waals surface area contributed by atoms with Gasteiger partial charge in [-0.1, -0.05) is 29.3 Å². The first-order valence-electron chi connectivity index (χ1n) is 8.93. The number of methoxy groups -OCH3 is 1. The van der Waals surface area contributed by atoms with Crippen LogP contribution in [0.5, 0.6) is 11.5 Å². The maximum atomic E-state index is 6.23. The second kappa shape index (κ2) is 7.12. The lowest BCUT2D eigenvalue weighted by Crippen LogP contribution is -2.01. The van der Waals surface area contributed by atoms with Crippen LogP contribution >= 0.6 is 0 Å². The van der Waals surface area contributed by atoms with Gasteiger partial charge in [-0.2, -0.15) is 0 Å². The van der Waals surface area contributed by atoms with E-state index < -0.39 is 0 Å². The second-order valence-corrected chi connectivity index (χ2v) is 6.68. The van der Waals surface area contributed by atoms with Crippen LogP contribution in [0.1, 0.15) is 22.3 Å². The number of ether oxygens (including phenoxy) is 2. The van der Waals surface area contributed by atoms with Crippen LogP contribution in [-0.2, 0) is 0 Å². The smallest absolute Gasteiger partial charge is 0.153 e. The van der Waals surface area contributed by atoms with Crippen molar-refractivity contribution in [3.63, 3.8) is 0 Å². The maximum absolute atomic E-state index is 6.23. The molecule has 3 aromatic rings. The largest absolute Gasteiger partial charge is 0.497 e. The molecule has 0 saturated carbocycles. The summed E-state index contributed by atoms with van der Waals surface area (Å²) in [5, 5.41) is 0. The van der Waals surface area contributed by atoms with E-state index in [2.05, 4.69) is 32.0 Å². The van der Waals surface area contributed by atoms with Gasteiger partial charge < -0.3 is 9.47 Å². The summed E-state index contributed by atoms with van der Waals surface area (Å²) in [6.07, 6.45) is 2.01. The second-order valence-electron chi connectivity index (χ2n) is 6.68. The van der Waals surface area contributed by atoms with Gasteiger partial charge in [-0.3, -0.25) is 0 Å². The molecule has 1 aliphatic rings. The molecule has 27 heavy (non-hydrogen) atoms. The minimum atomic E-state index is 0.749. The topological polar surface area (TPSA) is 30.8 Å². The summed E-state index contributed by atoms with van der Waals surface area (Å²) in [5.41, 5.74) is 6.20. The number of fused-ring (bicyclic) bond motifs is 1. The molecular formula is C24H21NO2. The Balaban J connectivity index is 1.86. The fourth-order valence-corrected chi connectivity index (χ4v) is 3.24. The molecule has 0 spiro atoms. The highest BCUT2D eigenvalue weighted by Crippen LogP contribution is 2.35. The monoisotopic (exact) mass is 355 g/mol. The third-order valence-electron chi connectivity index (χ3n) is 4.49. The van der Waals surface area contributed by atoms with Gasteiger partial charge in [0.2, 0.25) is 0 Å². The van der Waals surface area contributed by atoms with Crippen molar-refractivity contribution in [2.24, 2.45) is 4.99 Å². The predicted octanol–water partition coefficient (Wildman–Crippen LogP) is 5.87. The molecule has 1 aliphatic heterocycles. The van der Waals surface area contributed by atoms with Crippen molar-refractivity contribution in [1.29, 1.82) is 0 Å². The Labute approximate surface area is 159 Å². The third-order valence-corrected chi connectivity index (χ3v) is 4.49. The molecule has 0 N–H and O–H groups in total. The van der Waals surface area contributed by atoms with Crippen molar-refractivity contribution < 1.29 is 9.47 Å². The highest BCUT2D eigenvalue weighted by Gasteiger charge is 2.16. The van der Waals surface area contributed by atoms with Crippen LogP contribution in [0.15, 0.2) is 77.8 Å². The molecule has 0 unspecified atom stereocenters. The Morgan fingerprint density at radius 2 is 1.52 bits per heavy atom. The first-order chi connectivity index (χ1) is 13.1. The van der Waals surface area contributed by atoms with Crippen molar-refractivity contribution in [2.75, 3.05) is 7.11 Å². The fourth-order valence-electron chi connectivity index (χ4n) is 3.24. The van der Waals surface area contributed by atoms with Gasteiger partial charge in [-0.15, -0.1) is 0 Å². The van der Waals surface area contributed by atoms with Gasteiger partial charge >= 0.3 is 0 Å². The van der Waals surface area contributed by atoms with Gasteiger partial charge in [0.15, 0.2) is 5.75 Å². The van der Waals surface area contributed by atoms with E-state index in [1.165, 1.54) is 11.1 Å². The average Bonchev–Trinajstić information content (AvgIpc) is 2.87. The molecule has 0 bridgehead atoms. The summed E-state index contributed by atoms with van der Waals surface area (Å²) < 4.78 is 11.5. The van der Waals surface area contributed by atoms with Gasteiger partial charge in [0.25, 0.3) is 0 Å². The van der Waals surface area contributed by atoms with E-state index in [-0.39, 0.29) is 0 Å². The molecule has 0 atom stereocenters. The van der Waals surface area contributed by atoms with Crippen LogP contribution in [0.3, 0.4) is 0 Å². The molecule has 1 heterocycles. The van der Waals surface area contributed by atoms with Gasteiger partial charge in [0.05, 0.1) is 12.8 Å². The maximum Gasteiger partial charge on any atom is 0.153 e. The molecule has 0 aromatic heterocycles. The molecule has 0 fully saturated rings. The Kier molecular flexibility index (Phi) is 4.51. The van der Waals surface area contributed by atoms with Crippen LogP contribution in [0.4, 0.5) is 5.69 Å². The molecule has 3 nitrogen and oxygen atoms in total. The number of aryl methyl sites for hydroxylation is 2. The Hall–Kier alpha value is -3.33. The van der Waals surface area contributed by atoms with Crippen molar-refractivity contribution in [3.05, 3.63) is 95.1 Å². The quantitative estimate of drug-likeness (QED) is 0.588. The SMILES string of the molecule is COc1ccc(C2=CC(c3cc(C)cc(C)c3)=Nc3ccccc3O2)cc1. The molecular weight excluding hydrogens is 334 g/mol. The number of aliphatic imine (C=N–C) groups is 1. The van der Waals surface area contributed by atoms with Crippen molar-refractivity contribution in [2.45, 2.75) is 13.8 Å². The third kappa shape index (κ3) is 3.63. The van der Waals surface area contributed by atoms with E-state index in [4.69, 9.17) is 14.5 Å². The van der Waals surface area contributed by atoms with Crippen LogP contribution < -0.4 is 9.47 Å². The Morgan fingerprint density at radius 1 is 0.815 bits per heavy atom. The van der Waals surface area contributed by atoms with Crippen molar-refractivity contribution in [1.82, 2.24) is 0 Å². The lowest BCUT2D eigenvalue weighted by atomic mass is 10.0. The molecule has 3 heteroatoms. The zero-order valence-electron chi connectivity index (χ0n) is 15.7. The molecule has 0 aliphatic carbocycles. The summed E-state index contributed by atoms with van der Waals surface area (Å²) in [6.45, 7) is 4.21. The summed E-state index contributed by atoms with van der Waals surface area (Å²) in [7, 11) is 1.66. The van der Waals surface area contributed by atoms with Gasteiger partial charge in [-0.05, 0) is 62.4 Å². The number of rotatable bonds is 3. The molecule has 4 rings (SSSR count). The molecule has 0 saturated heterocycles. The molecule has 134 valence electrons. The number of allylic oxidation sites excluding steroid dienone is 1. The number of benzene rings is 3. The summed E-state index contributed by atoms with van der Waals surface area (Å²) in [5.74, 6) is 2.33. The standard InChI is InChI=1S/C24H21NO2/c1-16-12-17(2)14-19(13-16)22-15-24(18-8-10-20(26-3)11-9-18)27-23-7-5-4-6-21(23)25-22/h4-15H,1-3H3. The Morgan fingerprint density at radius 3 is 2.22 bits per heavy atom. The van der Waals surface area contributed by atoms with Gasteiger partial charge in [0, 0.05) is 17.2 Å². The summed E-state index contributed by atoms with van der Waals surface area (Å²) in [4.78, 5) is 4.89. The first-order valence-corrected chi connectivity index (χ1v) is 8.93. The van der Waals surface area contributed by atoms with Crippen molar-refractivity contribution >= 4 is 17.2 Å². The van der Waals surface area contributed by atoms with Crippen LogP contribution in [0.2, 0.25) is 0 Å². The highest BCUT2D eigenvalue weighted by atomic mass is 16.5. The minimum absolute atomic E-state index is 0.749. The average molecular weight is 355 g/mol. The van der Waals surface area contributed by atoms with E-state index in [0.29, 0.717) is 0 Å². The summed E-state index contributed by atoms with van der Waals surface area (Å²) >= 11 is 0. The molecule has 3 aromatic carbocycles. The summed E-state index contributed by atoms with van der Waals surface area (Å²) in [6, 6.07) is 22.2. The van der Waals surface area contributed by atoms with E-state index in [9.17, 15) is 0 Å². The zero-order valence-corrected chi connectivity index (χ0v) is 15.7. The van der Waals surface area contributed by atoms with Crippen LogP contribution in [-0.4, -0.2) is 12.8 Å². The highest BCUT2D eigenvalue weighted by molar-refractivity contribution is 6.13. The van der Waals surface area contributed by atoms with E-state index in [1.807, 2.05) is 54.6 Å². The first kappa shape index (κ1) is 17.1. The van der Waals surface area contributed by atoms with Crippen LogP contribution in [0.25, 0.3) is 5.76 Å². The molecule has 0 radical (unpaired) electrons. The number of hydrogen-bond donors (Lipinski definition) is 0. The normalized spacial score (nSPS) is 13.0. The molecule has 0 amide bonds. The lowest BCUT2D eigenvalue weighted by Gasteiger charge is -2.10. The fraction of sp³-hybridized carbons (Fsp3) is 0.125. The van der Waals surface area contributed by atoms with E-state index in [0.717, 1.165) is 39.8 Å². The lowest BCUT2D eigenvalue weighted by molar-refractivity contribution is 0.414. The number of para-hydroxylation sites is 2. The number of hydrogen-bond acceptors (Lipinski definition) is 3. The van der Waals surface area contributed by atoms with Crippen LogP contribution in [0, 0.1) is 13.8 Å². The van der Waals surface area contributed by atoms with Gasteiger partial charge in [0.1, 0.15) is 17.2 Å². The van der Waals surface area contributed by atoms with Crippen molar-refractivity contribution in [3.8, 4) is 11.5 Å².